The third-order valence-corrected chi connectivity index (χ3v) is 6.96. The van der Waals surface area contributed by atoms with Crippen LogP contribution in [-0.4, -0.2) is 41.5 Å². The molecule has 1 amide bonds. The molecule has 0 bridgehead atoms. The number of carbonyl (C=O) groups is 1. The van der Waals surface area contributed by atoms with Gasteiger partial charge in [-0.15, -0.1) is 0 Å². The zero-order chi connectivity index (χ0) is 19.6. The van der Waals surface area contributed by atoms with Crippen molar-refractivity contribution in [2.45, 2.75) is 44.4 Å². The molecule has 0 saturated carbocycles. The maximum atomic E-state index is 12.8. The van der Waals surface area contributed by atoms with Crippen LogP contribution in [0.5, 0.6) is 0 Å². The molecule has 0 spiro atoms. The number of aryl methyl sites for hydroxylation is 2. The van der Waals surface area contributed by atoms with Crippen molar-refractivity contribution in [3.05, 3.63) is 41.2 Å². The highest BCUT2D eigenvalue weighted by molar-refractivity contribution is 7.89. The van der Waals surface area contributed by atoms with Crippen molar-refractivity contribution in [2.75, 3.05) is 18.4 Å². The molecule has 8 heteroatoms. The monoisotopic (exact) mass is 390 g/mol. The van der Waals surface area contributed by atoms with Gasteiger partial charge in [0.25, 0.3) is 0 Å². The van der Waals surface area contributed by atoms with Crippen molar-refractivity contribution < 1.29 is 13.2 Å². The second-order valence-electron chi connectivity index (χ2n) is 6.99. The summed E-state index contributed by atoms with van der Waals surface area (Å²) in [6.45, 7) is 4.91. The molecule has 1 N–H and O–H groups in total. The largest absolute Gasteiger partial charge is 0.326 e. The summed E-state index contributed by atoms with van der Waals surface area (Å²) in [5, 5.41) is 7.13. The van der Waals surface area contributed by atoms with Crippen molar-refractivity contribution in [1.82, 2.24) is 14.1 Å². The van der Waals surface area contributed by atoms with Gasteiger partial charge < -0.3 is 5.32 Å². The summed E-state index contributed by atoms with van der Waals surface area (Å²) >= 11 is 0. The number of hydrogen-bond acceptors (Lipinski definition) is 4. The minimum Gasteiger partial charge on any atom is -0.326 e. The van der Waals surface area contributed by atoms with E-state index >= 15 is 0 Å². The molecule has 7 nitrogen and oxygen atoms in total. The molecular weight excluding hydrogens is 364 g/mol. The number of amides is 1. The molecule has 27 heavy (non-hydrogen) atoms. The van der Waals surface area contributed by atoms with Crippen LogP contribution in [-0.2, 0) is 28.3 Å². The molecule has 1 saturated heterocycles. The van der Waals surface area contributed by atoms with Crippen LogP contribution in [0, 0.1) is 13.8 Å². The second-order valence-corrected chi connectivity index (χ2v) is 8.93. The molecule has 0 radical (unpaired) electrons. The Hall–Kier alpha value is -2.19. The number of anilines is 1. The van der Waals surface area contributed by atoms with E-state index in [0.717, 1.165) is 36.2 Å². The van der Waals surface area contributed by atoms with E-state index in [-0.39, 0.29) is 17.2 Å². The SMILES string of the molecule is Cc1nn(C)c(C)c1CC(=O)Nc1cccc(S(=O)(=O)N2CCCCC2)c1. The first-order chi connectivity index (χ1) is 12.8. The number of nitrogens with zero attached hydrogens (tertiary/aromatic N) is 3. The Morgan fingerprint density at radius 2 is 1.89 bits per heavy atom. The molecule has 1 aliphatic rings. The van der Waals surface area contributed by atoms with Crippen molar-refractivity contribution in [3.8, 4) is 0 Å². The third-order valence-electron chi connectivity index (χ3n) is 5.07. The van der Waals surface area contributed by atoms with Crippen molar-refractivity contribution >= 4 is 21.6 Å². The third kappa shape index (κ3) is 4.22. The average molecular weight is 391 g/mol. The summed E-state index contributed by atoms with van der Waals surface area (Å²) in [6, 6.07) is 6.48. The van der Waals surface area contributed by atoms with E-state index in [0.29, 0.717) is 18.8 Å². The Morgan fingerprint density at radius 1 is 1.19 bits per heavy atom. The van der Waals surface area contributed by atoms with Gasteiger partial charge in [-0.05, 0) is 44.9 Å². The fourth-order valence-corrected chi connectivity index (χ4v) is 4.99. The Balaban J connectivity index is 1.74. The van der Waals surface area contributed by atoms with Crippen LogP contribution in [0.4, 0.5) is 5.69 Å². The highest BCUT2D eigenvalue weighted by Crippen LogP contribution is 2.23. The van der Waals surface area contributed by atoms with Gasteiger partial charge in [0, 0.05) is 37.1 Å². The normalized spacial score (nSPS) is 15.7. The summed E-state index contributed by atoms with van der Waals surface area (Å²) in [5.41, 5.74) is 3.15. The summed E-state index contributed by atoms with van der Waals surface area (Å²) in [5.74, 6) is -0.193. The van der Waals surface area contributed by atoms with Crippen molar-refractivity contribution in [2.24, 2.45) is 7.05 Å². The number of aromatic nitrogens is 2. The van der Waals surface area contributed by atoms with Gasteiger partial charge in [-0.25, -0.2) is 8.42 Å². The number of piperidine rings is 1. The molecule has 2 aromatic rings. The van der Waals surface area contributed by atoms with Crippen LogP contribution in [0.25, 0.3) is 0 Å². The molecule has 0 aliphatic carbocycles. The molecule has 3 rings (SSSR count). The van der Waals surface area contributed by atoms with E-state index in [1.54, 1.807) is 22.9 Å². The molecule has 2 heterocycles. The number of carbonyl (C=O) groups excluding carboxylic acids is 1. The smallest absolute Gasteiger partial charge is 0.243 e. The summed E-state index contributed by atoms with van der Waals surface area (Å²) in [6.07, 6.45) is 3.04. The first-order valence-corrected chi connectivity index (χ1v) is 10.6. The highest BCUT2D eigenvalue weighted by Gasteiger charge is 2.26. The maximum absolute atomic E-state index is 12.8. The molecule has 0 atom stereocenters. The number of hydrogen-bond donors (Lipinski definition) is 1. The van der Waals surface area contributed by atoms with Gasteiger partial charge in [0.05, 0.1) is 17.0 Å². The van der Waals surface area contributed by atoms with Crippen LogP contribution in [0.3, 0.4) is 0 Å². The van der Waals surface area contributed by atoms with E-state index in [1.807, 2.05) is 20.9 Å². The lowest BCUT2D eigenvalue weighted by Crippen LogP contribution is -2.35. The summed E-state index contributed by atoms with van der Waals surface area (Å²) < 4.78 is 28.9. The Labute approximate surface area is 160 Å². The zero-order valence-electron chi connectivity index (χ0n) is 16.0. The van der Waals surface area contributed by atoms with Gasteiger partial charge in [0.15, 0.2) is 0 Å². The predicted molar refractivity (Wildman–Crippen MR) is 104 cm³/mol. The van der Waals surface area contributed by atoms with Crippen LogP contribution >= 0.6 is 0 Å². The van der Waals surface area contributed by atoms with Gasteiger partial charge in [-0.2, -0.15) is 9.40 Å². The van der Waals surface area contributed by atoms with Crippen LogP contribution in [0.15, 0.2) is 29.2 Å². The Kier molecular flexibility index (Phi) is 5.67. The molecule has 1 fully saturated rings. The first kappa shape index (κ1) is 19.6. The van der Waals surface area contributed by atoms with E-state index < -0.39 is 10.0 Å². The lowest BCUT2D eigenvalue weighted by atomic mass is 10.1. The average Bonchev–Trinajstić information content (AvgIpc) is 2.89. The predicted octanol–water partition coefficient (Wildman–Crippen LogP) is 2.39. The van der Waals surface area contributed by atoms with E-state index in [4.69, 9.17) is 0 Å². The van der Waals surface area contributed by atoms with Crippen LogP contribution < -0.4 is 5.32 Å². The van der Waals surface area contributed by atoms with Gasteiger partial charge in [-0.1, -0.05) is 12.5 Å². The molecule has 1 aromatic carbocycles. The van der Waals surface area contributed by atoms with Gasteiger partial charge in [-0.3, -0.25) is 9.48 Å². The Morgan fingerprint density at radius 3 is 2.52 bits per heavy atom. The van der Waals surface area contributed by atoms with Gasteiger partial charge in [0.2, 0.25) is 15.9 Å². The number of rotatable bonds is 5. The minimum atomic E-state index is -3.52. The summed E-state index contributed by atoms with van der Waals surface area (Å²) in [7, 11) is -1.67. The van der Waals surface area contributed by atoms with Crippen molar-refractivity contribution in [3.63, 3.8) is 0 Å². The van der Waals surface area contributed by atoms with Gasteiger partial charge in [0.1, 0.15) is 0 Å². The van der Waals surface area contributed by atoms with Gasteiger partial charge >= 0.3 is 0 Å². The molecular formula is C19H26N4O3S. The topological polar surface area (TPSA) is 84.3 Å². The van der Waals surface area contributed by atoms with E-state index in [1.165, 1.54) is 10.4 Å². The fraction of sp³-hybridized carbons (Fsp3) is 0.474. The molecule has 146 valence electrons. The summed E-state index contributed by atoms with van der Waals surface area (Å²) in [4.78, 5) is 12.7. The number of nitrogens with one attached hydrogen (secondary N) is 1. The Bertz CT molecular complexity index is 944. The van der Waals surface area contributed by atoms with Crippen molar-refractivity contribution in [1.29, 1.82) is 0 Å². The molecule has 1 aromatic heterocycles. The maximum Gasteiger partial charge on any atom is 0.243 e. The lowest BCUT2D eigenvalue weighted by Gasteiger charge is -2.26. The number of sulfonamides is 1. The second kappa shape index (κ2) is 7.82. The van der Waals surface area contributed by atoms with E-state index in [9.17, 15) is 13.2 Å². The van der Waals surface area contributed by atoms with Crippen LogP contribution in [0.1, 0.15) is 36.2 Å². The minimum absolute atomic E-state index is 0.193. The fourth-order valence-electron chi connectivity index (χ4n) is 3.43. The lowest BCUT2D eigenvalue weighted by molar-refractivity contribution is -0.115. The zero-order valence-corrected chi connectivity index (χ0v) is 16.8. The van der Waals surface area contributed by atoms with E-state index in [2.05, 4.69) is 10.4 Å². The molecule has 0 unspecified atom stereocenters. The molecule has 1 aliphatic heterocycles. The number of benzene rings is 1. The quantitative estimate of drug-likeness (QED) is 0.850. The first-order valence-electron chi connectivity index (χ1n) is 9.18. The van der Waals surface area contributed by atoms with Crippen LogP contribution in [0.2, 0.25) is 0 Å². The standard InChI is InChI=1S/C19H26N4O3S/c1-14-18(15(2)22(3)21-14)13-19(24)20-16-8-7-9-17(12-16)27(25,26)23-10-5-4-6-11-23/h7-9,12H,4-6,10-11,13H2,1-3H3,(H,20,24). The highest BCUT2D eigenvalue weighted by atomic mass is 32.2.